The maximum absolute atomic E-state index is 4.36. The predicted molar refractivity (Wildman–Crippen MR) is 79.2 cm³/mol. The molecule has 1 aromatic heterocycles. The molecule has 0 atom stereocenters. The molecule has 1 saturated heterocycles. The molecule has 4 nitrogen and oxygen atoms in total. The first-order chi connectivity index (χ1) is 8.86. The van der Waals surface area contributed by atoms with E-state index in [0.29, 0.717) is 5.41 Å². The fraction of sp³-hybridized carbons (Fsp3) is 0.800. The number of hydrogen-bond acceptors (Lipinski definition) is 3. The third-order valence-corrected chi connectivity index (χ3v) is 4.72. The van der Waals surface area contributed by atoms with Crippen LogP contribution in [-0.4, -0.2) is 41.6 Å². The van der Waals surface area contributed by atoms with Crippen LogP contribution >= 0.6 is 0 Å². The van der Waals surface area contributed by atoms with Gasteiger partial charge < -0.3 is 14.8 Å². The Hall–Kier alpha value is -0.870. The molecule has 0 aromatic carbocycles. The maximum atomic E-state index is 4.36. The second kappa shape index (κ2) is 5.25. The van der Waals surface area contributed by atoms with Crippen molar-refractivity contribution in [1.29, 1.82) is 0 Å². The average molecular weight is 264 g/mol. The van der Waals surface area contributed by atoms with Crippen molar-refractivity contribution in [2.75, 3.05) is 27.2 Å². The molecular formula is C15H28N4. The normalized spacial score (nSPS) is 20.7. The molecule has 0 aliphatic carbocycles. The molecule has 2 rings (SSSR count). The summed E-state index contributed by atoms with van der Waals surface area (Å²) in [5.74, 6) is 0. The highest BCUT2D eigenvalue weighted by molar-refractivity contribution is 5.11. The van der Waals surface area contributed by atoms with Gasteiger partial charge in [0.15, 0.2) is 0 Å². The van der Waals surface area contributed by atoms with Gasteiger partial charge in [-0.2, -0.15) is 0 Å². The van der Waals surface area contributed by atoms with E-state index in [1.54, 1.807) is 0 Å². The molecule has 0 bridgehead atoms. The first-order valence-electron chi connectivity index (χ1n) is 7.24. The van der Waals surface area contributed by atoms with Gasteiger partial charge in [-0.25, -0.2) is 4.98 Å². The molecule has 1 aliphatic rings. The van der Waals surface area contributed by atoms with Crippen LogP contribution in [-0.2, 0) is 12.1 Å². The van der Waals surface area contributed by atoms with Gasteiger partial charge in [0.25, 0.3) is 0 Å². The smallest absolute Gasteiger partial charge is 0.0948 e. The Labute approximate surface area is 117 Å². The molecule has 4 heteroatoms. The van der Waals surface area contributed by atoms with Gasteiger partial charge in [-0.15, -0.1) is 0 Å². The lowest BCUT2D eigenvalue weighted by Gasteiger charge is -2.39. The van der Waals surface area contributed by atoms with Gasteiger partial charge in [0.05, 0.1) is 17.6 Å². The highest BCUT2D eigenvalue weighted by Crippen LogP contribution is 2.33. The van der Waals surface area contributed by atoms with Crippen LogP contribution in [0, 0.1) is 5.41 Å². The van der Waals surface area contributed by atoms with Crippen LogP contribution in [0.3, 0.4) is 0 Å². The Kier molecular flexibility index (Phi) is 4.02. The van der Waals surface area contributed by atoms with Gasteiger partial charge in [0, 0.05) is 12.7 Å². The van der Waals surface area contributed by atoms with E-state index in [1.165, 1.54) is 31.6 Å². The van der Waals surface area contributed by atoms with Crippen molar-refractivity contribution in [2.24, 2.45) is 5.41 Å². The zero-order valence-electron chi connectivity index (χ0n) is 13.0. The van der Waals surface area contributed by atoms with Gasteiger partial charge in [-0.05, 0) is 59.3 Å². The summed E-state index contributed by atoms with van der Waals surface area (Å²) in [5, 5.41) is 3.37. The molecule has 1 aromatic rings. The summed E-state index contributed by atoms with van der Waals surface area (Å²) in [6.45, 7) is 10.3. The second-order valence-electron chi connectivity index (χ2n) is 6.90. The molecule has 2 heterocycles. The molecule has 0 spiro atoms. The summed E-state index contributed by atoms with van der Waals surface area (Å²) in [6.07, 6.45) is 6.51. The van der Waals surface area contributed by atoms with Crippen LogP contribution in [0.25, 0.3) is 0 Å². The number of nitrogens with zero attached hydrogens (tertiary/aromatic N) is 3. The van der Waals surface area contributed by atoms with Crippen molar-refractivity contribution in [2.45, 2.75) is 45.7 Å². The maximum Gasteiger partial charge on any atom is 0.0948 e. The number of nitrogens with one attached hydrogen (secondary N) is 1. The van der Waals surface area contributed by atoms with Crippen LogP contribution in [0.1, 0.15) is 39.3 Å². The minimum absolute atomic E-state index is 0.0294. The number of likely N-dealkylation sites (tertiary alicyclic amines) is 1. The lowest BCUT2D eigenvalue weighted by molar-refractivity contribution is 0.118. The molecule has 0 saturated carbocycles. The summed E-state index contributed by atoms with van der Waals surface area (Å²) in [7, 11) is 4.22. The highest BCUT2D eigenvalue weighted by atomic mass is 15.1. The van der Waals surface area contributed by atoms with Crippen molar-refractivity contribution < 1.29 is 0 Å². The van der Waals surface area contributed by atoms with E-state index >= 15 is 0 Å². The molecule has 1 N–H and O–H groups in total. The summed E-state index contributed by atoms with van der Waals surface area (Å²) < 4.78 is 2.34. The average Bonchev–Trinajstić information content (AvgIpc) is 2.82. The fourth-order valence-electron chi connectivity index (χ4n) is 2.82. The number of aromatic nitrogens is 2. The first kappa shape index (κ1) is 14.5. The minimum Gasteiger partial charge on any atom is -0.332 e. The van der Waals surface area contributed by atoms with Gasteiger partial charge in [-0.3, -0.25) is 0 Å². The van der Waals surface area contributed by atoms with Crippen molar-refractivity contribution in [3.05, 3.63) is 18.2 Å². The van der Waals surface area contributed by atoms with Crippen molar-refractivity contribution in [3.8, 4) is 0 Å². The Morgan fingerprint density at radius 3 is 2.58 bits per heavy atom. The fourth-order valence-corrected chi connectivity index (χ4v) is 2.82. The lowest BCUT2D eigenvalue weighted by Crippen LogP contribution is -2.40. The largest absolute Gasteiger partial charge is 0.332 e. The Balaban J connectivity index is 2.14. The van der Waals surface area contributed by atoms with E-state index in [4.69, 9.17) is 0 Å². The Bertz CT molecular complexity index is 414. The number of piperidine rings is 1. The minimum atomic E-state index is -0.0294. The van der Waals surface area contributed by atoms with Gasteiger partial charge in [0.1, 0.15) is 0 Å². The topological polar surface area (TPSA) is 33.1 Å². The quantitative estimate of drug-likeness (QED) is 0.904. The molecule has 108 valence electrons. The molecule has 1 aliphatic heterocycles. The third-order valence-electron chi connectivity index (χ3n) is 4.72. The lowest BCUT2D eigenvalue weighted by atomic mass is 9.80. The Morgan fingerprint density at radius 2 is 2.00 bits per heavy atom. The van der Waals surface area contributed by atoms with Crippen LogP contribution < -0.4 is 5.32 Å². The summed E-state index contributed by atoms with van der Waals surface area (Å²) in [6, 6.07) is 0. The number of hydrogen-bond donors (Lipinski definition) is 1. The van der Waals surface area contributed by atoms with Crippen LogP contribution in [0.2, 0.25) is 0 Å². The molecule has 19 heavy (non-hydrogen) atoms. The van der Waals surface area contributed by atoms with Gasteiger partial charge >= 0.3 is 0 Å². The van der Waals surface area contributed by atoms with Crippen molar-refractivity contribution >= 4 is 0 Å². The van der Waals surface area contributed by atoms with Crippen molar-refractivity contribution in [1.82, 2.24) is 19.8 Å². The molecular weight excluding hydrogens is 236 g/mol. The first-order valence-corrected chi connectivity index (χ1v) is 7.24. The second-order valence-corrected chi connectivity index (χ2v) is 6.90. The molecule has 0 unspecified atom stereocenters. The van der Waals surface area contributed by atoms with Crippen molar-refractivity contribution in [3.63, 3.8) is 0 Å². The monoisotopic (exact) mass is 264 g/mol. The van der Waals surface area contributed by atoms with E-state index in [1.807, 2.05) is 19.6 Å². The van der Waals surface area contributed by atoms with E-state index in [-0.39, 0.29) is 5.54 Å². The molecule has 1 fully saturated rings. The number of imidazole rings is 1. The zero-order valence-corrected chi connectivity index (χ0v) is 13.0. The molecule has 0 radical (unpaired) electrons. The van der Waals surface area contributed by atoms with Crippen LogP contribution in [0.15, 0.2) is 12.5 Å². The van der Waals surface area contributed by atoms with Crippen LogP contribution in [0.5, 0.6) is 0 Å². The summed E-state index contributed by atoms with van der Waals surface area (Å²) in [5.41, 5.74) is 1.64. The molecule has 0 amide bonds. The zero-order chi connectivity index (χ0) is 14.1. The SMILES string of the molecule is CNC(C)(C)c1cncn1CC1(C)CCN(C)CC1. The van der Waals surface area contributed by atoms with E-state index in [2.05, 4.69) is 47.6 Å². The van der Waals surface area contributed by atoms with E-state index < -0.39 is 0 Å². The third kappa shape index (κ3) is 3.18. The summed E-state index contributed by atoms with van der Waals surface area (Å²) >= 11 is 0. The summed E-state index contributed by atoms with van der Waals surface area (Å²) in [4.78, 5) is 6.79. The van der Waals surface area contributed by atoms with E-state index in [9.17, 15) is 0 Å². The van der Waals surface area contributed by atoms with Crippen LogP contribution in [0.4, 0.5) is 0 Å². The van der Waals surface area contributed by atoms with Gasteiger partial charge in [0.2, 0.25) is 0 Å². The van der Waals surface area contributed by atoms with E-state index in [0.717, 1.165) is 6.54 Å². The highest BCUT2D eigenvalue weighted by Gasteiger charge is 2.31. The standard InChI is InChI=1S/C15H28N4/c1-14(2,16-4)13-10-17-12-19(13)11-15(3)6-8-18(5)9-7-15/h10,12,16H,6-9,11H2,1-5H3. The van der Waals surface area contributed by atoms with Gasteiger partial charge in [-0.1, -0.05) is 6.92 Å². The Morgan fingerprint density at radius 1 is 1.37 bits per heavy atom. The predicted octanol–water partition coefficient (Wildman–Crippen LogP) is 2.07. The number of rotatable bonds is 4.